The molecule has 1 aliphatic rings. The van der Waals surface area contributed by atoms with Crippen LogP contribution in [0.15, 0.2) is 55.0 Å². The van der Waals surface area contributed by atoms with Gasteiger partial charge in [-0.2, -0.15) is 18.3 Å². The standard InChI is InChI=1S/C22H23F3N4/c1-28-14-18(13-27-28)15-29-9-3-6-21(29)20-8-7-17(12-26-20)10-16-4-2-5-19(11-16)22(23,24)25/h2,4-5,7-8,11-14,21H,3,6,9-10,15H2,1H3/t21-/m1/s1. The van der Waals surface area contributed by atoms with Crippen LogP contribution in [0.25, 0.3) is 0 Å². The van der Waals surface area contributed by atoms with Crippen molar-refractivity contribution < 1.29 is 13.2 Å². The molecular formula is C22H23F3N4. The summed E-state index contributed by atoms with van der Waals surface area (Å²) in [6.45, 7) is 1.86. The second-order valence-electron chi connectivity index (χ2n) is 7.62. The molecule has 2 aromatic heterocycles. The number of likely N-dealkylation sites (tertiary alicyclic amines) is 1. The minimum Gasteiger partial charge on any atom is -0.290 e. The van der Waals surface area contributed by atoms with E-state index in [-0.39, 0.29) is 6.04 Å². The van der Waals surface area contributed by atoms with Gasteiger partial charge >= 0.3 is 6.18 Å². The molecule has 0 saturated carbocycles. The lowest BCUT2D eigenvalue weighted by Gasteiger charge is -2.23. The van der Waals surface area contributed by atoms with Crippen molar-refractivity contribution in [1.82, 2.24) is 19.7 Å². The molecule has 1 atom stereocenters. The molecule has 4 nitrogen and oxygen atoms in total. The van der Waals surface area contributed by atoms with Crippen LogP contribution in [-0.2, 0) is 26.2 Å². The zero-order valence-electron chi connectivity index (χ0n) is 16.2. The van der Waals surface area contributed by atoms with Gasteiger partial charge in [0.05, 0.1) is 23.5 Å². The van der Waals surface area contributed by atoms with E-state index >= 15 is 0 Å². The molecule has 29 heavy (non-hydrogen) atoms. The predicted octanol–water partition coefficient (Wildman–Crippen LogP) is 4.76. The average Bonchev–Trinajstić information content (AvgIpc) is 3.31. The van der Waals surface area contributed by atoms with Gasteiger partial charge in [-0.25, -0.2) is 0 Å². The van der Waals surface area contributed by atoms with Gasteiger partial charge in [-0.05, 0) is 49.1 Å². The van der Waals surface area contributed by atoms with E-state index in [1.54, 1.807) is 16.9 Å². The van der Waals surface area contributed by atoms with Gasteiger partial charge < -0.3 is 0 Å². The highest BCUT2D eigenvalue weighted by Gasteiger charge is 2.30. The van der Waals surface area contributed by atoms with E-state index in [2.05, 4.69) is 15.0 Å². The van der Waals surface area contributed by atoms with Crippen molar-refractivity contribution in [3.8, 4) is 0 Å². The zero-order valence-corrected chi connectivity index (χ0v) is 16.2. The summed E-state index contributed by atoms with van der Waals surface area (Å²) in [5, 5.41) is 4.23. The van der Waals surface area contributed by atoms with Gasteiger partial charge in [0.1, 0.15) is 0 Å². The fourth-order valence-electron chi connectivity index (χ4n) is 3.97. The van der Waals surface area contributed by atoms with Crippen molar-refractivity contribution in [2.75, 3.05) is 6.54 Å². The summed E-state index contributed by atoms with van der Waals surface area (Å²) in [5.41, 5.74) is 3.12. The number of alkyl halides is 3. The fourth-order valence-corrected chi connectivity index (χ4v) is 3.97. The second-order valence-corrected chi connectivity index (χ2v) is 7.62. The molecule has 0 bridgehead atoms. The Morgan fingerprint density at radius 3 is 2.62 bits per heavy atom. The summed E-state index contributed by atoms with van der Waals surface area (Å²) in [5.74, 6) is 0. The van der Waals surface area contributed by atoms with Crippen molar-refractivity contribution in [3.05, 3.63) is 82.9 Å². The summed E-state index contributed by atoms with van der Waals surface area (Å²) in [6.07, 6.45) is 4.00. The van der Waals surface area contributed by atoms with Gasteiger partial charge in [-0.3, -0.25) is 14.6 Å². The Bertz CT molecular complexity index is 963. The smallest absolute Gasteiger partial charge is 0.290 e. The molecule has 1 saturated heterocycles. The second kappa shape index (κ2) is 7.99. The predicted molar refractivity (Wildman–Crippen MR) is 104 cm³/mol. The highest BCUT2D eigenvalue weighted by atomic mass is 19.4. The summed E-state index contributed by atoms with van der Waals surface area (Å²) < 4.78 is 40.5. The normalized spacial score (nSPS) is 17.7. The average molecular weight is 400 g/mol. The van der Waals surface area contributed by atoms with Gasteiger partial charge in [-0.15, -0.1) is 0 Å². The monoisotopic (exact) mass is 400 g/mol. The summed E-state index contributed by atoms with van der Waals surface area (Å²) in [4.78, 5) is 7.05. The molecule has 1 aliphatic heterocycles. The molecule has 7 heteroatoms. The summed E-state index contributed by atoms with van der Waals surface area (Å²) in [7, 11) is 1.91. The Morgan fingerprint density at radius 2 is 1.93 bits per heavy atom. The van der Waals surface area contributed by atoms with Gasteiger partial charge in [0.15, 0.2) is 0 Å². The molecule has 0 N–H and O–H groups in total. The Labute approximate surface area is 168 Å². The molecule has 1 aromatic carbocycles. The molecular weight excluding hydrogens is 377 g/mol. The minimum atomic E-state index is -4.32. The highest BCUT2D eigenvalue weighted by molar-refractivity contribution is 5.30. The first-order valence-corrected chi connectivity index (χ1v) is 9.71. The number of halogens is 3. The SMILES string of the molecule is Cn1cc(CN2CCC[C@@H]2c2ccc(Cc3cccc(C(F)(F)F)c3)cn2)cn1. The van der Waals surface area contributed by atoms with Crippen molar-refractivity contribution in [2.24, 2.45) is 7.05 Å². The third-order valence-electron chi connectivity index (χ3n) is 5.36. The number of pyridine rings is 1. The van der Waals surface area contributed by atoms with Gasteiger partial charge in [0, 0.05) is 31.5 Å². The molecule has 152 valence electrons. The molecule has 1 fully saturated rings. The molecule has 0 amide bonds. The first-order valence-electron chi connectivity index (χ1n) is 9.71. The molecule has 0 aliphatic carbocycles. The lowest BCUT2D eigenvalue weighted by atomic mass is 10.0. The number of nitrogens with zero attached hydrogens (tertiary/aromatic N) is 4. The van der Waals surface area contributed by atoms with E-state index in [0.717, 1.165) is 43.3 Å². The van der Waals surface area contributed by atoms with Crippen molar-refractivity contribution in [3.63, 3.8) is 0 Å². The molecule has 3 aromatic rings. The highest BCUT2D eigenvalue weighted by Crippen LogP contribution is 2.33. The molecule has 0 unspecified atom stereocenters. The summed E-state index contributed by atoms with van der Waals surface area (Å²) in [6, 6.07) is 9.73. The van der Waals surface area contributed by atoms with Crippen LogP contribution >= 0.6 is 0 Å². The quantitative estimate of drug-likeness (QED) is 0.619. The third-order valence-corrected chi connectivity index (χ3v) is 5.36. The molecule has 0 radical (unpaired) electrons. The maximum atomic E-state index is 12.9. The number of aromatic nitrogens is 3. The van der Waals surface area contributed by atoms with E-state index in [1.165, 1.54) is 17.7 Å². The van der Waals surface area contributed by atoms with Crippen LogP contribution in [0.4, 0.5) is 13.2 Å². The van der Waals surface area contributed by atoms with Crippen LogP contribution in [0, 0.1) is 0 Å². The molecule has 3 heterocycles. The van der Waals surface area contributed by atoms with E-state index in [9.17, 15) is 13.2 Å². The van der Waals surface area contributed by atoms with Crippen molar-refractivity contribution >= 4 is 0 Å². The Morgan fingerprint density at radius 1 is 1.07 bits per heavy atom. The fraction of sp³-hybridized carbons (Fsp3) is 0.364. The molecule has 4 rings (SSSR count). The van der Waals surface area contributed by atoms with E-state index in [4.69, 9.17) is 0 Å². The summed E-state index contributed by atoms with van der Waals surface area (Å²) >= 11 is 0. The number of hydrogen-bond donors (Lipinski definition) is 0. The van der Waals surface area contributed by atoms with Gasteiger partial charge in [-0.1, -0.05) is 24.3 Å². The molecule has 0 spiro atoms. The topological polar surface area (TPSA) is 34.0 Å². The lowest BCUT2D eigenvalue weighted by Crippen LogP contribution is -2.23. The lowest BCUT2D eigenvalue weighted by molar-refractivity contribution is -0.137. The third kappa shape index (κ3) is 4.67. The van der Waals surface area contributed by atoms with Crippen LogP contribution < -0.4 is 0 Å². The number of rotatable bonds is 5. The number of aryl methyl sites for hydroxylation is 1. The van der Waals surface area contributed by atoms with Crippen LogP contribution in [-0.4, -0.2) is 26.2 Å². The van der Waals surface area contributed by atoms with Crippen LogP contribution in [0.3, 0.4) is 0 Å². The van der Waals surface area contributed by atoms with Crippen LogP contribution in [0.2, 0.25) is 0 Å². The van der Waals surface area contributed by atoms with Crippen LogP contribution in [0.5, 0.6) is 0 Å². The zero-order chi connectivity index (χ0) is 20.4. The van der Waals surface area contributed by atoms with E-state index in [1.807, 2.05) is 31.6 Å². The van der Waals surface area contributed by atoms with E-state index in [0.29, 0.717) is 12.0 Å². The van der Waals surface area contributed by atoms with Crippen molar-refractivity contribution in [2.45, 2.75) is 38.0 Å². The number of benzene rings is 1. The largest absolute Gasteiger partial charge is 0.416 e. The van der Waals surface area contributed by atoms with Crippen LogP contribution in [0.1, 0.15) is 46.8 Å². The van der Waals surface area contributed by atoms with Crippen molar-refractivity contribution in [1.29, 1.82) is 0 Å². The maximum absolute atomic E-state index is 12.9. The number of hydrogen-bond acceptors (Lipinski definition) is 3. The van der Waals surface area contributed by atoms with E-state index < -0.39 is 11.7 Å². The van der Waals surface area contributed by atoms with Gasteiger partial charge in [0.25, 0.3) is 0 Å². The first kappa shape index (κ1) is 19.6. The Kier molecular flexibility index (Phi) is 5.41. The Hall–Kier alpha value is -2.67. The van der Waals surface area contributed by atoms with Gasteiger partial charge in [0.2, 0.25) is 0 Å². The minimum absolute atomic E-state index is 0.262. The first-order chi connectivity index (χ1) is 13.9. The Balaban J connectivity index is 1.45. The maximum Gasteiger partial charge on any atom is 0.416 e.